The average Bonchev–Trinajstić information content (AvgIpc) is 2.82. The number of nitrogens with one attached hydrogen (secondary N) is 1. The summed E-state index contributed by atoms with van der Waals surface area (Å²) in [4.78, 5) is 17.7. The number of fused-ring (bicyclic) bond motifs is 1. The van der Waals surface area contributed by atoms with Crippen molar-refractivity contribution in [2.24, 2.45) is 0 Å². The molecule has 0 radical (unpaired) electrons. The summed E-state index contributed by atoms with van der Waals surface area (Å²) in [7, 11) is 3.09. The summed E-state index contributed by atoms with van der Waals surface area (Å²) in [5, 5.41) is 3.20. The third-order valence-electron chi connectivity index (χ3n) is 5.07. The van der Waals surface area contributed by atoms with E-state index < -0.39 is 11.7 Å². The van der Waals surface area contributed by atoms with Gasteiger partial charge in [-0.05, 0) is 54.1 Å². The van der Waals surface area contributed by atoms with Gasteiger partial charge in [0.2, 0.25) is 0 Å². The number of carbonyl (C=O) groups is 1. The van der Waals surface area contributed by atoms with Crippen LogP contribution in [0.3, 0.4) is 0 Å². The van der Waals surface area contributed by atoms with Gasteiger partial charge in [-0.1, -0.05) is 12.1 Å². The third kappa shape index (κ3) is 4.37. The maximum absolute atomic E-state index is 14.0. The molecule has 4 aromatic rings. The molecule has 162 valence electrons. The number of carbonyl (C=O) groups excluding carboxylic acids is 1. The predicted molar refractivity (Wildman–Crippen MR) is 118 cm³/mol. The summed E-state index contributed by atoms with van der Waals surface area (Å²) in [5.74, 6) is -0.0850. The number of aromatic nitrogens is 1. The van der Waals surface area contributed by atoms with E-state index in [-0.39, 0.29) is 17.9 Å². The van der Waals surface area contributed by atoms with Crippen LogP contribution in [0.4, 0.5) is 8.78 Å². The van der Waals surface area contributed by atoms with Crippen LogP contribution in [-0.2, 0) is 6.54 Å². The summed E-state index contributed by atoms with van der Waals surface area (Å²) in [6, 6.07) is 16.8. The molecule has 0 aliphatic carbocycles. The second-order valence-corrected chi connectivity index (χ2v) is 7.09. The lowest BCUT2D eigenvalue weighted by Gasteiger charge is -2.13. The number of hydrogen-bond donors (Lipinski definition) is 1. The number of amides is 1. The fourth-order valence-corrected chi connectivity index (χ4v) is 3.41. The van der Waals surface area contributed by atoms with Crippen molar-refractivity contribution in [1.29, 1.82) is 0 Å². The second-order valence-electron chi connectivity index (χ2n) is 7.09. The van der Waals surface area contributed by atoms with Crippen LogP contribution in [0.5, 0.6) is 11.5 Å². The molecule has 0 saturated carbocycles. The number of pyridine rings is 1. The largest absolute Gasteiger partial charge is 0.497 e. The van der Waals surface area contributed by atoms with Gasteiger partial charge in [0.1, 0.15) is 23.1 Å². The average molecular weight is 434 g/mol. The van der Waals surface area contributed by atoms with Gasteiger partial charge in [-0.25, -0.2) is 13.8 Å². The molecular weight excluding hydrogens is 414 g/mol. The normalized spacial score (nSPS) is 10.8. The van der Waals surface area contributed by atoms with Gasteiger partial charge in [-0.15, -0.1) is 0 Å². The van der Waals surface area contributed by atoms with E-state index in [1.807, 2.05) is 0 Å². The van der Waals surface area contributed by atoms with Crippen LogP contribution >= 0.6 is 0 Å². The van der Waals surface area contributed by atoms with Gasteiger partial charge in [-0.3, -0.25) is 4.79 Å². The highest BCUT2D eigenvalue weighted by Gasteiger charge is 2.17. The first kappa shape index (κ1) is 21.2. The zero-order valence-corrected chi connectivity index (χ0v) is 17.5. The highest BCUT2D eigenvalue weighted by Crippen LogP contribution is 2.34. The van der Waals surface area contributed by atoms with Crippen molar-refractivity contribution in [3.8, 4) is 22.8 Å². The lowest BCUT2D eigenvalue weighted by molar-refractivity contribution is 0.0952. The lowest BCUT2D eigenvalue weighted by Crippen LogP contribution is -2.23. The smallest absolute Gasteiger partial charge is 0.252 e. The molecule has 0 saturated heterocycles. The van der Waals surface area contributed by atoms with Gasteiger partial charge in [0.25, 0.3) is 5.91 Å². The lowest BCUT2D eigenvalue weighted by atomic mass is 10.0. The Morgan fingerprint density at radius 2 is 1.66 bits per heavy atom. The van der Waals surface area contributed by atoms with Gasteiger partial charge in [0.05, 0.1) is 31.0 Å². The van der Waals surface area contributed by atoms with E-state index in [2.05, 4.69) is 10.3 Å². The molecule has 32 heavy (non-hydrogen) atoms. The van der Waals surface area contributed by atoms with Crippen molar-refractivity contribution >= 4 is 16.8 Å². The monoisotopic (exact) mass is 434 g/mol. The van der Waals surface area contributed by atoms with Crippen molar-refractivity contribution in [3.05, 3.63) is 89.5 Å². The minimum Gasteiger partial charge on any atom is -0.497 e. The summed E-state index contributed by atoms with van der Waals surface area (Å²) >= 11 is 0. The Labute approximate surface area is 183 Å². The molecule has 5 nitrogen and oxygen atoms in total. The standard InChI is InChI=1S/C25H20F2N2O3/c1-31-18-8-9-19(24(12-18)32-2)23-13-21(20-11-17(27)7-10-22(20)29-23)25(30)28-14-15-3-5-16(26)6-4-15/h3-13H,14H2,1-2H3,(H,28,30). The number of nitrogens with zero attached hydrogens (tertiary/aromatic N) is 1. The molecule has 0 spiro atoms. The third-order valence-corrected chi connectivity index (χ3v) is 5.07. The van der Waals surface area contributed by atoms with Crippen LogP contribution in [0.1, 0.15) is 15.9 Å². The van der Waals surface area contributed by atoms with Gasteiger partial charge >= 0.3 is 0 Å². The summed E-state index contributed by atoms with van der Waals surface area (Å²) in [6.07, 6.45) is 0. The maximum atomic E-state index is 14.0. The van der Waals surface area contributed by atoms with Crippen molar-refractivity contribution in [1.82, 2.24) is 10.3 Å². The first-order valence-corrected chi connectivity index (χ1v) is 9.84. The highest BCUT2D eigenvalue weighted by molar-refractivity contribution is 6.07. The van der Waals surface area contributed by atoms with E-state index in [1.54, 1.807) is 43.5 Å². The first-order chi connectivity index (χ1) is 15.5. The molecule has 0 unspecified atom stereocenters. The number of halogens is 2. The van der Waals surface area contributed by atoms with E-state index in [0.717, 1.165) is 5.56 Å². The highest BCUT2D eigenvalue weighted by atomic mass is 19.1. The minimum absolute atomic E-state index is 0.194. The van der Waals surface area contributed by atoms with Gasteiger partial charge in [0, 0.05) is 23.6 Å². The van der Waals surface area contributed by atoms with Crippen molar-refractivity contribution in [2.45, 2.75) is 6.54 Å². The molecule has 7 heteroatoms. The summed E-state index contributed by atoms with van der Waals surface area (Å²) in [6.45, 7) is 0.194. The van der Waals surface area contributed by atoms with Crippen molar-refractivity contribution in [3.63, 3.8) is 0 Å². The SMILES string of the molecule is COc1ccc(-c2cc(C(=O)NCc3ccc(F)cc3)c3cc(F)ccc3n2)c(OC)c1. The molecule has 1 amide bonds. The number of ether oxygens (including phenoxy) is 2. The molecular formula is C25H20F2N2O3. The van der Waals surface area contributed by atoms with Crippen molar-refractivity contribution in [2.75, 3.05) is 14.2 Å². The van der Waals surface area contributed by atoms with E-state index in [1.165, 1.54) is 37.4 Å². The van der Waals surface area contributed by atoms with Crippen molar-refractivity contribution < 1.29 is 23.0 Å². The molecule has 0 atom stereocenters. The van der Waals surface area contributed by atoms with E-state index in [9.17, 15) is 13.6 Å². The Hall–Kier alpha value is -4.00. The van der Waals surface area contributed by atoms with Crippen LogP contribution in [0, 0.1) is 11.6 Å². The van der Waals surface area contributed by atoms with Crippen LogP contribution in [-0.4, -0.2) is 25.1 Å². The van der Waals surface area contributed by atoms with E-state index in [0.29, 0.717) is 33.7 Å². The Morgan fingerprint density at radius 3 is 2.38 bits per heavy atom. The van der Waals surface area contributed by atoms with Crippen LogP contribution in [0.25, 0.3) is 22.2 Å². The zero-order chi connectivity index (χ0) is 22.7. The maximum Gasteiger partial charge on any atom is 0.252 e. The van der Waals surface area contributed by atoms with Crippen LogP contribution in [0.15, 0.2) is 66.7 Å². The van der Waals surface area contributed by atoms with E-state index in [4.69, 9.17) is 9.47 Å². The first-order valence-electron chi connectivity index (χ1n) is 9.84. The van der Waals surface area contributed by atoms with E-state index >= 15 is 0 Å². The second kappa shape index (κ2) is 9.01. The Bertz CT molecular complexity index is 1290. The van der Waals surface area contributed by atoms with Crippen LogP contribution < -0.4 is 14.8 Å². The van der Waals surface area contributed by atoms with Crippen LogP contribution in [0.2, 0.25) is 0 Å². The number of methoxy groups -OCH3 is 2. The zero-order valence-electron chi connectivity index (χ0n) is 17.5. The van der Waals surface area contributed by atoms with Gasteiger partial charge in [0.15, 0.2) is 0 Å². The summed E-state index contributed by atoms with van der Waals surface area (Å²) < 4.78 is 37.8. The Balaban J connectivity index is 1.76. The molecule has 0 aliphatic heterocycles. The molecule has 4 rings (SSSR count). The molecule has 1 N–H and O–H groups in total. The molecule has 1 heterocycles. The van der Waals surface area contributed by atoms with Gasteiger partial charge < -0.3 is 14.8 Å². The molecule has 0 fully saturated rings. The predicted octanol–water partition coefficient (Wildman–Crippen LogP) is 5.13. The fraction of sp³-hybridized carbons (Fsp3) is 0.120. The fourth-order valence-electron chi connectivity index (χ4n) is 3.41. The molecule has 3 aromatic carbocycles. The molecule has 0 aliphatic rings. The minimum atomic E-state index is -0.471. The number of benzene rings is 3. The quantitative estimate of drug-likeness (QED) is 0.457. The Morgan fingerprint density at radius 1 is 0.906 bits per heavy atom. The Kier molecular flexibility index (Phi) is 5.98. The van der Waals surface area contributed by atoms with Gasteiger partial charge in [-0.2, -0.15) is 0 Å². The number of rotatable bonds is 6. The number of hydrogen-bond acceptors (Lipinski definition) is 4. The summed E-state index contributed by atoms with van der Waals surface area (Å²) in [5.41, 5.74) is 2.63. The molecule has 1 aromatic heterocycles. The topological polar surface area (TPSA) is 60.5 Å². The molecule has 0 bridgehead atoms.